The molecule has 0 aromatic rings. The number of rotatable bonds is 5. The molecule has 0 amide bonds. The predicted octanol–water partition coefficient (Wildman–Crippen LogP) is 3.03. The highest BCUT2D eigenvalue weighted by Crippen LogP contribution is 2.53. The zero-order valence-corrected chi connectivity index (χ0v) is 13.6. The molecule has 0 aromatic carbocycles. The van der Waals surface area contributed by atoms with E-state index in [2.05, 4.69) is 6.58 Å². The third-order valence-electron chi connectivity index (χ3n) is 6.07. The average Bonchev–Trinajstić information content (AvgIpc) is 2.61. The summed E-state index contributed by atoms with van der Waals surface area (Å²) in [6, 6.07) is 0. The second-order valence-electron chi connectivity index (χ2n) is 7.78. The van der Waals surface area contributed by atoms with Gasteiger partial charge in [-0.1, -0.05) is 12.2 Å². The van der Waals surface area contributed by atoms with Crippen molar-refractivity contribution in [3.05, 3.63) is 12.2 Å². The minimum absolute atomic E-state index is 0.176. The maximum atomic E-state index is 10.8. The van der Waals surface area contributed by atoms with E-state index in [9.17, 15) is 10.2 Å². The minimum atomic E-state index is -0.661. The van der Waals surface area contributed by atoms with Crippen molar-refractivity contribution < 1.29 is 15.3 Å². The Morgan fingerprint density at radius 1 is 1.05 bits per heavy atom. The Labute approximate surface area is 129 Å². The van der Waals surface area contributed by atoms with E-state index < -0.39 is 11.2 Å². The van der Waals surface area contributed by atoms with Gasteiger partial charge in [-0.3, -0.25) is 0 Å². The van der Waals surface area contributed by atoms with E-state index in [1.54, 1.807) is 0 Å². The Kier molecular flexibility index (Phi) is 5.17. The van der Waals surface area contributed by atoms with Gasteiger partial charge in [0.15, 0.2) is 0 Å². The molecule has 2 rings (SSSR count). The second kappa shape index (κ2) is 6.39. The number of aliphatic hydroxyl groups is 3. The Morgan fingerprint density at radius 3 is 2.33 bits per heavy atom. The van der Waals surface area contributed by atoms with Crippen LogP contribution in [-0.4, -0.2) is 33.1 Å². The van der Waals surface area contributed by atoms with E-state index in [0.717, 1.165) is 51.4 Å². The first-order valence-corrected chi connectivity index (χ1v) is 8.51. The molecule has 2 aliphatic carbocycles. The lowest BCUT2D eigenvalue weighted by molar-refractivity contribution is -0.0539. The Hall–Kier alpha value is -0.380. The third kappa shape index (κ3) is 3.69. The van der Waals surface area contributed by atoms with Gasteiger partial charge in [-0.25, -0.2) is 0 Å². The summed E-state index contributed by atoms with van der Waals surface area (Å²) in [5.41, 5.74) is -0.0731. The molecule has 0 aliphatic heterocycles. The molecule has 2 aliphatic rings. The van der Waals surface area contributed by atoms with Crippen LogP contribution in [0.15, 0.2) is 12.2 Å². The van der Waals surface area contributed by atoms with Crippen LogP contribution in [0.25, 0.3) is 0 Å². The van der Waals surface area contributed by atoms with Crippen LogP contribution in [0.3, 0.4) is 0 Å². The lowest BCUT2D eigenvalue weighted by Crippen LogP contribution is -2.40. The van der Waals surface area contributed by atoms with E-state index in [1.807, 2.05) is 13.8 Å². The maximum absolute atomic E-state index is 10.8. The van der Waals surface area contributed by atoms with Crippen LogP contribution in [0.1, 0.15) is 65.2 Å². The number of aliphatic hydroxyl groups excluding tert-OH is 1. The van der Waals surface area contributed by atoms with Gasteiger partial charge < -0.3 is 15.3 Å². The summed E-state index contributed by atoms with van der Waals surface area (Å²) >= 11 is 0. The molecule has 0 unspecified atom stereocenters. The first-order valence-electron chi connectivity index (χ1n) is 8.51. The third-order valence-corrected chi connectivity index (χ3v) is 6.07. The molecule has 0 heterocycles. The molecule has 2 saturated carbocycles. The lowest BCUT2D eigenvalue weighted by atomic mass is 9.75. The van der Waals surface area contributed by atoms with Gasteiger partial charge in [-0.05, 0) is 83.0 Å². The van der Waals surface area contributed by atoms with Gasteiger partial charge in [0.1, 0.15) is 0 Å². The van der Waals surface area contributed by atoms with Crippen molar-refractivity contribution in [2.75, 3.05) is 6.61 Å². The molecular weight excluding hydrogens is 264 g/mol. The van der Waals surface area contributed by atoms with Crippen LogP contribution in [0, 0.1) is 17.8 Å². The van der Waals surface area contributed by atoms with Crippen molar-refractivity contribution >= 4 is 0 Å². The monoisotopic (exact) mass is 296 g/mol. The largest absolute Gasteiger partial charge is 0.396 e. The number of hydrogen-bond acceptors (Lipinski definition) is 3. The van der Waals surface area contributed by atoms with Crippen molar-refractivity contribution in [2.24, 2.45) is 17.8 Å². The van der Waals surface area contributed by atoms with Gasteiger partial charge in [0, 0.05) is 6.61 Å². The minimum Gasteiger partial charge on any atom is -0.396 e. The van der Waals surface area contributed by atoms with Gasteiger partial charge >= 0.3 is 0 Å². The zero-order chi connectivity index (χ0) is 15.7. The van der Waals surface area contributed by atoms with Crippen molar-refractivity contribution in [2.45, 2.75) is 76.4 Å². The quantitative estimate of drug-likeness (QED) is 0.540. The van der Waals surface area contributed by atoms with Crippen molar-refractivity contribution in [3.63, 3.8) is 0 Å². The van der Waals surface area contributed by atoms with E-state index in [1.165, 1.54) is 5.57 Å². The van der Waals surface area contributed by atoms with Crippen LogP contribution in [0.4, 0.5) is 0 Å². The van der Waals surface area contributed by atoms with Crippen LogP contribution in [-0.2, 0) is 0 Å². The van der Waals surface area contributed by atoms with Gasteiger partial charge in [-0.2, -0.15) is 0 Å². The zero-order valence-electron chi connectivity index (χ0n) is 13.6. The predicted molar refractivity (Wildman–Crippen MR) is 84.9 cm³/mol. The smallest absolute Gasteiger partial charge is 0.0651 e. The molecule has 3 N–H and O–H groups in total. The maximum Gasteiger partial charge on any atom is 0.0651 e. The summed E-state index contributed by atoms with van der Waals surface area (Å²) in [6.45, 7) is 8.38. The number of allylic oxidation sites excluding steroid dienone is 1. The lowest BCUT2D eigenvalue weighted by Gasteiger charge is -2.35. The SMILES string of the molecule is C=C(CCCCO)[C@H]1CC[C@@](C)(O)[C@H]2CC[C@](C)(O)[C@H]2C1. The van der Waals surface area contributed by atoms with E-state index in [4.69, 9.17) is 5.11 Å². The summed E-state index contributed by atoms with van der Waals surface area (Å²) in [7, 11) is 0. The summed E-state index contributed by atoms with van der Waals surface area (Å²) in [5.74, 6) is 0.784. The van der Waals surface area contributed by atoms with Crippen molar-refractivity contribution in [1.82, 2.24) is 0 Å². The van der Waals surface area contributed by atoms with Crippen LogP contribution >= 0.6 is 0 Å². The highest BCUT2D eigenvalue weighted by molar-refractivity contribution is 5.09. The number of fused-ring (bicyclic) bond motifs is 1. The first kappa shape index (κ1) is 17.0. The highest BCUT2D eigenvalue weighted by atomic mass is 16.3. The van der Waals surface area contributed by atoms with Crippen LogP contribution in [0.2, 0.25) is 0 Å². The van der Waals surface area contributed by atoms with Crippen molar-refractivity contribution in [1.29, 1.82) is 0 Å². The summed E-state index contributed by atoms with van der Waals surface area (Å²) in [5, 5.41) is 30.4. The molecule has 0 bridgehead atoms. The summed E-state index contributed by atoms with van der Waals surface area (Å²) < 4.78 is 0. The van der Waals surface area contributed by atoms with Crippen molar-refractivity contribution in [3.8, 4) is 0 Å². The topological polar surface area (TPSA) is 60.7 Å². The summed E-state index contributed by atoms with van der Waals surface area (Å²) in [4.78, 5) is 0. The average molecular weight is 296 g/mol. The first-order chi connectivity index (χ1) is 9.78. The number of hydrogen-bond donors (Lipinski definition) is 3. The van der Waals surface area contributed by atoms with Crippen LogP contribution in [0.5, 0.6) is 0 Å². The molecule has 3 nitrogen and oxygen atoms in total. The van der Waals surface area contributed by atoms with E-state index in [-0.39, 0.29) is 18.4 Å². The number of unbranched alkanes of at least 4 members (excludes halogenated alkanes) is 1. The molecule has 122 valence electrons. The Morgan fingerprint density at radius 2 is 1.67 bits per heavy atom. The normalized spacial score (nSPS) is 43.4. The highest BCUT2D eigenvalue weighted by Gasteiger charge is 2.52. The fraction of sp³-hybridized carbons (Fsp3) is 0.889. The fourth-order valence-electron chi connectivity index (χ4n) is 4.55. The molecule has 21 heavy (non-hydrogen) atoms. The molecule has 0 spiro atoms. The molecule has 3 heteroatoms. The Bertz CT molecular complexity index is 373. The molecule has 2 fully saturated rings. The van der Waals surface area contributed by atoms with E-state index >= 15 is 0 Å². The molecule has 0 radical (unpaired) electrons. The molecule has 0 aromatic heterocycles. The van der Waals surface area contributed by atoms with Gasteiger partial charge in [0.05, 0.1) is 11.2 Å². The van der Waals surface area contributed by atoms with Gasteiger partial charge in [0.2, 0.25) is 0 Å². The van der Waals surface area contributed by atoms with Crippen LogP contribution < -0.4 is 0 Å². The van der Waals surface area contributed by atoms with E-state index in [0.29, 0.717) is 5.92 Å². The standard InChI is InChI=1S/C18H32O3/c1-13(6-4-5-11-19)14-7-9-17(2,20)15-8-10-18(3,21)16(15)12-14/h14-16,19-21H,1,4-12H2,2-3H3/t14-,15-,16-,17+,18-/m0/s1. The summed E-state index contributed by atoms with van der Waals surface area (Å²) in [6.07, 6.45) is 7.19. The fourth-order valence-corrected chi connectivity index (χ4v) is 4.55. The Balaban J connectivity index is 2.08. The van der Waals surface area contributed by atoms with Gasteiger partial charge in [0.25, 0.3) is 0 Å². The molecule has 0 saturated heterocycles. The molecular formula is C18H32O3. The van der Waals surface area contributed by atoms with Gasteiger partial charge in [-0.15, -0.1) is 0 Å². The second-order valence-corrected chi connectivity index (χ2v) is 7.78. The molecule has 5 atom stereocenters.